The van der Waals surface area contributed by atoms with Gasteiger partial charge >= 0.3 is 0 Å². The number of anilines is 2. The molecule has 218 valence electrons. The summed E-state index contributed by atoms with van der Waals surface area (Å²) in [7, 11) is 0. The largest absolute Gasteiger partial charge is 0.394 e. The summed E-state index contributed by atoms with van der Waals surface area (Å²) in [6, 6.07) is 23.3. The van der Waals surface area contributed by atoms with Crippen LogP contribution in [0.4, 0.5) is 11.4 Å². The Bertz CT molecular complexity index is 1510. The van der Waals surface area contributed by atoms with Gasteiger partial charge in [0, 0.05) is 21.5 Å². The van der Waals surface area contributed by atoms with Gasteiger partial charge in [-0.25, -0.2) is 0 Å². The minimum atomic E-state index is -0.861. The fourth-order valence-corrected chi connectivity index (χ4v) is 10.6. The number of carbonyl (C=O) groups is 3. The van der Waals surface area contributed by atoms with Crippen molar-refractivity contribution in [2.45, 2.75) is 53.6 Å². The number of aryl methyl sites for hydroxylation is 2. The lowest BCUT2D eigenvalue weighted by molar-refractivity contribution is -0.141. The number of thioether (sulfide) groups is 1. The van der Waals surface area contributed by atoms with E-state index in [-0.39, 0.29) is 34.4 Å². The molecular weight excluding hydrogens is 614 g/mol. The number of aliphatic hydroxyl groups excluding tert-OH is 1. The van der Waals surface area contributed by atoms with E-state index in [1.807, 2.05) is 92.7 Å². The number of halogens is 1. The Morgan fingerprint density at radius 2 is 1.71 bits per heavy atom. The first-order valence-electron chi connectivity index (χ1n) is 14.3. The molecule has 3 N–H and O–H groups in total. The molecule has 6 rings (SSSR count). The van der Waals surface area contributed by atoms with Crippen molar-refractivity contribution in [2.75, 3.05) is 17.2 Å². The van der Waals surface area contributed by atoms with E-state index in [0.29, 0.717) is 24.2 Å². The van der Waals surface area contributed by atoms with Crippen molar-refractivity contribution in [2.24, 2.45) is 11.8 Å². The number of alkyl halides is 1. The third-order valence-corrected chi connectivity index (χ3v) is 12.1. The van der Waals surface area contributed by atoms with Crippen LogP contribution in [0.3, 0.4) is 0 Å². The second kappa shape index (κ2) is 11.5. The summed E-state index contributed by atoms with van der Waals surface area (Å²) < 4.78 is -0.819. The first-order chi connectivity index (χ1) is 20.2. The summed E-state index contributed by atoms with van der Waals surface area (Å²) in [5.41, 5.74) is 4.25. The maximum Gasteiger partial charge on any atom is 0.248 e. The molecule has 0 aromatic heterocycles. The van der Waals surface area contributed by atoms with Crippen LogP contribution >= 0.6 is 27.7 Å². The zero-order valence-corrected chi connectivity index (χ0v) is 25.9. The Morgan fingerprint density at radius 1 is 1.02 bits per heavy atom. The zero-order chi connectivity index (χ0) is 29.6. The van der Waals surface area contributed by atoms with E-state index in [4.69, 9.17) is 0 Å². The standard InChI is InChI=1S/C33H34BrN3O4S/c1-19-13-14-20(2)25(15-19)36-31(40)29-33-17-24(34)28(42-33)26(30(39)35-22-11-7-4-8-12-22)27(33)32(41)37(29)23(18-38)16-21-9-5-3-6-10-21/h3-15,23-24,26-29,38H,16-18H2,1-2H3,(H,35,39)(H,36,40)/t23-,24?,26+,27+,28+,29?,33?/m1/s1. The summed E-state index contributed by atoms with van der Waals surface area (Å²) in [6.45, 7) is 3.61. The van der Waals surface area contributed by atoms with Gasteiger partial charge in [-0.1, -0.05) is 76.6 Å². The van der Waals surface area contributed by atoms with Crippen molar-refractivity contribution in [3.8, 4) is 0 Å². The zero-order valence-electron chi connectivity index (χ0n) is 23.5. The number of para-hydroxylation sites is 1. The molecule has 0 radical (unpaired) electrons. The predicted molar refractivity (Wildman–Crippen MR) is 170 cm³/mol. The Balaban J connectivity index is 1.40. The summed E-state index contributed by atoms with van der Waals surface area (Å²) in [5.74, 6) is -2.07. The monoisotopic (exact) mass is 647 g/mol. The fraction of sp³-hybridized carbons (Fsp3) is 0.364. The Hall–Kier alpha value is -3.14. The fourth-order valence-electron chi connectivity index (χ4n) is 7.02. The average molecular weight is 649 g/mol. The predicted octanol–water partition coefficient (Wildman–Crippen LogP) is 4.95. The Morgan fingerprint density at radius 3 is 2.40 bits per heavy atom. The number of hydrogen-bond acceptors (Lipinski definition) is 5. The van der Waals surface area contributed by atoms with Crippen molar-refractivity contribution in [3.63, 3.8) is 0 Å². The van der Waals surface area contributed by atoms with Gasteiger partial charge in [0.2, 0.25) is 17.7 Å². The number of fused-ring (bicyclic) bond motifs is 1. The molecule has 1 spiro atoms. The number of nitrogens with one attached hydrogen (secondary N) is 2. The number of amides is 3. The van der Waals surface area contributed by atoms with Gasteiger partial charge in [-0.2, -0.15) is 0 Å². The number of benzene rings is 3. The molecule has 3 aliphatic rings. The topological polar surface area (TPSA) is 98.7 Å². The number of aliphatic hydroxyl groups is 1. The number of hydrogen-bond donors (Lipinski definition) is 3. The van der Waals surface area contributed by atoms with E-state index in [9.17, 15) is 19.5 Å². The van der Waals surface area contributed by atoms with E-state index in [2.05, 4.69) is 26.6 Å². The molecule has 3 saturated heterocycles. The lowest BCUT2D eigenvalue weighted by Crippen LogP contribution is -2.55. The summed E-state index contributed by atoms with van der Waals surface area (Å²) in [6.07, 6.45) is 0.963. The van der Waals surface area contributed by atoms with Gasteiger partial charge in [0.1, 0.15) is 6.04 Å². The highest BCUT2D eigenvalue weighted by atomic mass is 79.9. The highest BCUT2D eigenvalue weighted by Gasteiger charge is 2.76. The highest BCUT2D eigenvalue weighted by Crippen LogP contribution is 2.68. The quantitative estimate of drug-likeness (QED) is 0.301. The maximum absolute atomic E-state index is 14.6. The van der Waals surface area contributed by atoms with Gasteiger partial charge in [-0.05, 0) is 61.6 Å². The molecule has 3 unspecified atom stereocenters. The first-order valence-corrected chi connectivity index (χ1v) is 16.1. The van der Waals surface area contributed by atoms with Gasteiger partial charge in [0.25, 0.3) is 0 Å². The molecule has 3 aromatic rings. The van der Waals surface area contributed by atoms with Crippen molar-refractivity contribution in [1.29, 1.82) is 0 Å². The van der Waals surface area contributed by atoms with Crippen LogP contribution in [0.25, 0.3) is 0 Å². The molecule has 3 fully saturated rings. The van der Waals surface area contributed by atoms with Crippen LogP contribution in [0.5, 0.6) is 0 Å². The van der Waals surface area contributed by atoms with Crippen LogP contribution < -0.4 is 10.6 Å². The molecule has 0 saturated carbocycles. The van der Waals surface area contributed by atoms with Crippen molar-refractivity contribution in [3.05, 3.63) is 95.6 Å². The van der Waals surface area contributed by atoms with E-state index in [1.54, 1.807) is 16.7 Å². The maximum atomic E-state index is 14.6. The second-order valence-corrected chi connectivity index (χ2v) is 14.3. The van der Waals surface area contributed by atoms with Crippen LogP contribution in [0, 0.1) is 25.7 Å². The molecule has 3 amide bonds. The highest BCUT2D eigenvalue weighted by molar-refractivity contribution is 9.09. The average Bonchev–Trinajstić information content (AvgIpc) is 3.58. The van der Waals surface area contributed by atoms with E-state index >= 15 is 0 Å². The van der Waals surface area contributed by atoms with Crippen molar-refractivity contribution < 1.29 is 19.5 Å². The summed E-state index contributed by atoms with van der Waals surface area (Å²) >= 11 is 5.41. The molecule has 3 aromatic carbocycles. The molecule has 42 heavy (non-hydrogen) atoms. The third-order valence-electron chi connectivity index (χ3n) is 8.89. The van der Waals surface area contributed by atoms with Gasteiger partial charge < -0.3 is 20.6 Å². The van der Waals surface area contributed by atoms with Gasteiger partial charge in [-0.15, -0.1) is 11.8 Å². The minimum absolute atomic E-state index is 0.0456. The SMILES string of the molecule is Cc1ccc(C)c(NC(=O)C2N([C@@H](CO)Cc3ccccc3)C(=O)[C@@H]3[C@H](C(=O)Nc4ccccc4)[C@H]4SC23CC4Br)c1. The van der Waals surface area contributed by atoms with Crippen molar-refractivity contribution >= 4 is 56.8 Å². The normalized spacial score (nSPS) is 28.4. The van der Waals surface area contributed by atoms with E-state index in [0.717, 1.165) is 16.7 Å². The summed E-state index contributed by atoms with van der Waals surface area (Å²) in [5, 5.41) is 16.7. The molecule has 7 nitrogen and oxygen atoms in total. The Kier molecular flexibility index (Phi) is 7.93. The van der Waals surface area contributed by atoms with Gasteiger partial charge in [0.05, 0.1) is 29.2 Å². The second-order valence-electron chi connectivity index (χ2n) is 11.6. The van der Waals surface area contributed by atoms with Gasteiger partial charge in [0.15, 0.2) is 0 Å². The first kappa shape index (κ1) is 29.0. The van der Waals surface area contributed by atoms with Crippen LogP contribution in [-0.2, 0) is 20.8 Å². The van der Waals surface area contributed by atoms with Crippen LogP contribution in [0.1, 0.15) is 23.1 Å². The molecule has 7 atom stereocenters. The number of nitrogens with zero attached hydrogens (tertiary/aromatic N) is 1. The summed E-state index contributed by atoms with van der Waals surface area (Å²) in [4.78, 5) is 44.4. The third kappa shape index (κ3) is 4.95. The van der Waals surface area contributed by atoms with Crippen LogP contribution in [-0.4, -0.2) is 61.2 Å². The van der Waals surface area contributed by atoms with E-state index in [1.165, 1.54) is 0 Å². The number of rotatable bonds is 8. The molecule has 3 heterocycles. The smallest absolute Gasteiger partial charge is 0.248 e. The molecule has 2 bridgehead atoms. The van der Waals surface area contributed by atoms with E-state index < -0.39 is 28.7 Å². The van der Waals surface area contributed by atoms with Crippen LogP contribution in [0.2, 0.25) is 0 Å². The molecule has 9 heteroatoms. The minimum Gasteiger partial charge on any atom is -0.394 e. The van der Waals surface area contributed by atoms with Gasteiger partial charge in [-0.3, -0.25) is 14.4 Å². The lowest BCUT2D eigenvalue weighted by Gasteiger charge is -2.37. The Labute approximate surface area is 258 Å². The van der Waals surface area contributed by atoms with Crippen molar-refractivity contribution in [1.82, 2.24) is 4.90 Å². The van der Waals surface area contributed by atoms with Crippen LogP contribution in [0.15, 0.2) is 78.9 Å². The lowest BCUT2D eigenvalue weighted by atomic mass is 9.70. The molecular formula is C33H34BrN3O4S. The number of carbonyl (C=O) groups excluding carboxylic acids is 3. The number of likely N-dealkylation sites (tertiary alicyclic amines) is 1. The molecule has 3 aliphatic heterocycles. The molecule has 0 aliphatic carbocycles.